The highest BCUT2D eigenvalue weighted by Gasteiger charge is 2.30. The van der Waals surface area contributed by atoms with Gasteiger partial charge >= 0.3 is 6.18 Å². The molecule has 22 heavy (non-hydrogen) atoms. The second kappa shape index (κ2) is 6.92. The van der Waals surface area contributed by atoms with E-state index in [1.54, 1.807) is 24.3 Å². The van der Waals surface area contributed by atoms with Gasteiger partial charge in [-0.3, -0.25) is 0 Å². The molecule has 0 aromatic heterocycles. The second-order valence-electron chi connectivity index (χ2n) is 4.76. The van der Waals surface area contributed by atoms with Gasteiger partial charge < -0.3 is 10.1 Å². The lowest BCUT2D eigenvalue weighted by molar-refractivity contribution is -0.137. The van der Waals surface area contributed by atoms with E-state index in [0.29, 0.717) is 29.6 Å². The molecule has 0 bridgehead atoms. The normalized spacial score (nSPS) is 11.3. The summed E-state index contributed by atoms with van der Waals surface area (Å²) in [5.74, 6) is 0.704. The van der Waals surface area contributed by atoms with Gasteiger partial charge in [0.2, 0.25) is 0 Å². The molecule has 0 atom stereocenters. The fourth-order valence-electron chi connectivity index (χ4n) is 1.94. The highest BCUT2D eigenvalue weighted by molar-refractivity contribution is 6.30. The predicted molar refractivity (Wildman–Crippen MR) is 81.6 cm³/mol. The lowest BCUT2D eigenvalue weighted by Crippen LogP contribution is -2.13. The predicted octanol–water partition coefficient (Wildman–Crippen LogP) is 5.16. The van der Waals surface area contributed by atoms with Crippen LogP contribution in [0, 0.1) is 6.92 Å². The molecule has 2 nitrogen and oxygen atoms in total. The number of rotatable bonds is 5. The van der Waals surface area contributed by atoms with Crippen LogP contribution in [-0.4, -0.2) is 13.2 Å². The average Bonchev–Trinajstić information content (AvgIpc) is 2.45. The minimum Gasteiger partial charge on any atom is -0.491 e. The Morgan fingerprint density at radius 1 is 1.14 bits per heavy atom. The van der Waals surface area contributed by atoms with E-state index >= 15 is 0 Å². The van der Waals surface area contributed by atoms with Crippen molar-refractivity contribution < 1.29 is 17.9 Å². The fraction of sp³-hybridized carbons (Fsp3) is 0.250. The van der Waals surface area contributed by atoms with E-state index in [-0.39, 0.29) is 0 Å². The number of hydrogen-bond donors (Lipinski definition) is 1. The van der Waals surface area contributed by atoms with E-state index < -0.39 is 11.7 Å². The van der Waals surface area contributed by atoms with Crippen LogP contribution in [0.1, 0.15) is 11.1 Å². The van der Waals surface area contributed by atoms with Gasteiger partial charge in [-0.2, -0.15) is 13.2 Å². The van der Waals surface area contributed by atoms with Crippen molar-refractivity contribution in [2.24, 2.45) is 0 Å². The van der Waals surface area contributed by atoms with Crippen LogP contribution < -0.4 is 10.1 Å². The zero-order valence-electron chi connectivity index (χ0n) is 11.9. The maximum Gasteiger partial charge on any atom is 0.416 e. The van der Waals surface area contributed by atoms with E-state index in [1.807, 2.05) is 6.92 Å². The zero-order valence-corrected chi connectivity index (χ0v) is 12.6. The molecule has 0 amide bonds. The standard InChI is InChI=1S/C16H15ClF3NO/c1-11-9-13(17)5-6-15(11)22-8-7-21-14-4-2-3-12(10-14)16(18,19)20/h2-6,9-10,21H,7-8H2,1H3. The number of aryl methyl sites for hydroxylation is 1. The maximum atomic E-state index is 12.6. The van der Waals surface area contributed by atoms with E-state index in [1.165, 1.54) is 6.07 Å². The number of halogens is 4. The monoisotopic (exact) mass is 329 g/mol. The largest absolute Gasteiger partial charge is 0.491 e. The molecule has 0 heterocycles. The number of nitrogens with one attached hydrogen (secondary N) is 1. The molecule has 0 saturated carbocycles. The van der Waals surface area contributed by atoms with E-state index in [4.69, 9.17) is 16.3 Å². The molecule has 118 valence electrons. The van der Waals surface area contributed by atoms with E-state index in [9.17, 15) is 13.2 Å². The molecular formula is C16H15ClF3NO. The lowest BCUT2D eigenvalue weighted by atomic mass is 10.2. The molecule has 1 N–H and O–H groups in total. The van der Waals surface area contributed by atoms with Crippen LogP contribution in [0.25, 0.3) is 0 Å². The number of anilines is 1. The second-order valence-corrected chi connectivity index (χ2v) is 5.20. The fourth-order valence-corrected chi connectivity index (χ4v) is 2.16. The van der Waals surface area contributed by atoms with Crippen LogP contribution in [0.2, 0.25) is 5.02 Å². The van der Waals surface area contributed by atoms with Gasteiger partial charge in [-0.05, 0) is 48.9 Å². The van der Waals surface area contributed by atoms with Gasteiger partial charge in [0.1, 0.15) is 12.4 Å². The number of ether oxygens (including phenoxy) is 1. The Kier molecular flexibility index (Phi) is 5.19. The molecular weight excluding hydrogens is 315 g/mol. The Morgan fingerprint density at radius 2 is 1.91 bits per heavy atom. The van der Waals surface area contributed by atoms with Crippen LogP contribution in [0.5, 0.6) is 5.75 Å². The van der Waals surface area contributed by atoms with Crippen molar-refractivity contribution in [2.45, 2.75) is 13.1 Å². The summed E-state index contributed by atoms with van der Waals surface area (Å²) in [5, 5.41) is 3.54. The number of hydrogen-bond acceptors (Lipinski definition) is 2. The minimum atomic E-state index is -4.34. The van der Waals surface area contributed by atoms with Crippen molar-refractivity contribution in [1.29, 1.82) is 0 Å². The summed E-state index contributed by atoms with van der Waals surface area (Å²) in [4.78, 5) is 0. The molecule has 0 aliphatic carbocycles. The summed E-state index contributed by atoms with van der Waals surface area (Å²) >= 11 is 5.85. The summed E-state index contributed by atoms with van der Waals surface area (Å²) in [6.45, 7) is 2.60. The van der Waals surface area contributed by atoms with Gasteiger partial charge in [0.05, 0.1) is 5.56 Å². The van der Waals surface area contributed by atoms with E-state index in [0.717, 1.165) is 17.7 Å². The van der Waals surface area contributed by atoms with Crippen molar-refractivity contribution in [3.05, 3.63) is 58.6 Å². The third kappa shape index (κ3) is 4.56. The van der Waals surface area contributed by atoms with Gasteiger partial charge in [-0.15, -0.1) is 0 Å². The Morgan fingerprint density at radius 3 is 2.59 bits per heavy atom. The van der Waals surface area contributed by atoms with Crippen LogP contribution in [0.4, 0.5) is 18.9 Å². The van der Waals surface area contributed by atoms with Crippen molar-refractivity contribution in [1.82, 2.24) is 0 Å². The number of alkyl halides is 3. The van der Waals surface area contributed by atoms with Gasteiger partial charge in [-0.25, -0.2) is 0 Å². The molecule has 0 radical (unpaired) electrons. The Hall–Kier alpha value is -1.88. The first kappa shape index (κ1) is 16.5. The Bertz CT molecular complexity index is 644. The summed E-state index contributed by atoms with van der Waals surface area (Å²) in [7, 11) is 0. The topological polar surface area (TPSA) is 21.3 Å². The van der Waals surface area contributed by atoms with Gasteiger partial charge in [0, 0.05) is 17.3 Å². The molecule has 0 saturated heterocycles. The Labute approximate surface area is 131 Å². The summed E-state index contributed by atoms with van der Waals surface area (Å²) in [6.07, 6.45) is -4.34. The van der Waals surface area contributed by atoms with Crippen LogP contribution >= 0.6 is 11.6 Å². The van der Waals surface area contributed by atoms with Crippen molar-refractivity contribution in [3.8, 4) is 5.75 Å². The van der Waals surface area contributed by atoms with E-state index in [2.05, 4.69) is 5.32 Å². The van der Waals surface area contributed by atoms with Crippen molar-refractivity contribution in [2.75, 3.05) is 18.5 Å². The molecule has 2 rings (SSSR count). The van der Waals surface area contributed by atoms with Crippen LogP contribution in [0.3, 0.4) is 0 Å². The highest BCUT2D eigenvalue weighted by Crippen LogP contribution is 2.30. The molecule has 0 aliphatic rings. The van der Waals surface area contributed by atoms with Gasteiger partial charge in [-0.1, -0.05) is 17.7 Å². The quantitative estimate of drug-likeness (QED) is 0.765. The molecule has 0 fully saturated rings. The first-order valence-corrected chi connectivity index (χ1v) is 7.04. The SMILES string of the molecule is Cc1cc(Cl)ccc1OCCNc1cccc(C(F)(F)F)c1. The Balaban J connectivity index is 1.86. The maximum absolute atomic E-state index is 12.6. The van der Waals surface area contributed by atoms with Crippen LogP contribution in [-0.2, 0) is 6.18 Å². The minimum absolute atomic E-state index is 0.332. The molecule has 0 aliphatic heterocycles. The summed E-state index contributed by atoms with van der Waals surface area (Å²) < 4.78 is 43.3. The molecule has 2 aromatic rings. The van der Waals surface area contributed by atoms with Crippen LogP contribution in [0.15, 0.2) is 42.5 Å². The smallest absolute Gasteiger partial charge is 0.416 e. The van der Waals surface area contributed by atoms with Crippen molar-refractivity contribution >= 4 is 17.3 Å². The molecule has 2 aromatic carbocycles. The third-order valence-electron chi connectivity index (χ3n) is 3.02. The first-order valence-electron chi connectivity index (χ1n) is 6.66. The van der Waals surface area contributed by atoms with Gasteiger partial charge in [0.15, 0.2) is 0 Å². The molecule has 0 unspecified atom stereocenters. The number of benzene rings is 2. The summed E-state index contributed by atoms with van der Waals surface area (Å²) in [6, 6.07) is 10.4. The molecule has 6 heteroatoms. The van der Waals surface area contributed by atoms with Crippen molar-refractivity contribution in [3.63, 3.8) is 0 Å². The van der Waals surface area contributed by atoms with Gasteiger partial charge in [0.25, 0.3) is 0 Å². The highest BCUT2D eigenvalue weighted by atomic mass is 35.5. The lowest BCUT2D eigenvalue weighted by Gasteiger charge is -2.12. The summed E-state index contributed by atoms with van der Waals surface area (Å²) in [5.41, 5.74) is 0.643. The first-order chi connectivity index (χ1) is 10.4. The third-order valence-corrected chi connectivity index (χ3v) is 3.25. The molecule has 0 spiro atoms. The zero-order chi connectivity index (χ0) is 16.2. The average molecular weight is 330 g/mol.